The van der Waals surface area contributed by atoms with Gasteiger partial charge in [0.15, 0.2) is 0 Å². The lowest BCUT2D eigenvalue weighted by Crippen LogP contribution is -2.26. The lowest BCUT2D eigenvalue weighted by atomic mass is 10.2. The van der Waals surface area contributed by atoms with E-state index in [-0.39, 0.29) is 0 Å². The van der Waals surface area contributed by atoms with E-state index in [2.05, 4.69) is 32.3 Å². The van der Waals surface area contributed by atoms with Crippen molar-refractivity contribution in [3.8, 4) is 0 Å². The molecule has 1 atom stereocenters. The maximum absolute atomic E-state index is 5.87. The summed E-state index contributed by atoms with van der Waals surface area (Å²) in [5.41, 5.74) is 1.16. The van der Waals surface area contributed by atoms with Crippen LogP contribution in [0.5, 0.6) is 0 Å². The molecule has 1 aromatic carbocycles. The standard InChI is InChI=1S/C14H15ClN4/c15-13-8-16-9-14(18-13)19-7-6-12(10-19)17-11-4-2-1-3-5-11/h1-5,8-9,12,17H,6-7,10H2/t12-/m1/s1. The zero-order valence-corrected chi connectivity index (χ0v) is 11.2. The third kappa shape index (κ3) is 2.96. The Morgan fingerprint density at radius 2 is 2.05 bits per heavy atom. The quantitative estimate of drug-likeness (QED) is 0.934. The van der Waals surface area contributed by atoms with Crippen LogP contribution in [-0.4, -0.2) is 29.1 Å². The summed E-state index contributed by atoms with van der Waals surface area (Å²) in [4.78, 5) is 10.6. The predicted molar refractivity (Wildman–Crippen MR) is 77.7 cm³/mol. The van der Waals surface area contributed by atoms with Crippen LogP contribution in [0.1, 0.15) is 6.42 Å². The highest BCUT2D eigenvalue weighted by molar-refractivity contribution is 6.29. The van der Waals surface area contributed by atoms with Crippen molar-refractivity contribution in [2.24, 2.45) is 0 Å². The van der Waals surface area contributed by atoms with Crippen LogP contribution >= 0.6 is 11.6 Å². The van der Waals surface area contributed by atoms with Crippen molar-refractivity contribution in [2.75, 3.05) is 23.3 Å². The van der Waals surface area contributed by atoms with Crippen molar-refractivity contribution in [1.82, 2.24) is 9.97 Å². The number of para-hydroxylation sites is 1. The summed E-state index contributed by atoms with van der Waals surface area (Å²) in [6, 6.07) is 10.7. The largest absolute Gasteiger partial charge is 0.380 e. The molecule has 0 spiro atoms. The lowest BCUT2D eigenvalue weighted by Gasteiger charge is -2.18. The average Bonchev–Trinajstić information content (AvgIpc) is 2.88. The Morgan fingerprint density at radius 3 is 2.84 bits per heavy atom. The van der Waals surface area contributed by atoms with Gasteiger partial charge in [0.1, 0.15) is 11.0 Å². The molecule has 2 heterocycles. The van der Waals surface area contributed by atoms with Crippen LogP contribution in [0.4, 0.5) is 11.5 Å². The summed E-state index contributed by atoms with van der Waals surface area (Å²) in [6.07, 6.45) is 4.40. The molecule has 0 radical (unpaired) electrons. The van der Waals surface area contributed by atoms with Crippen LogP contribution in [0.3, 0.4) is 0 Å². The molecular weight excluding hydrogens is 260 g/mol. The fraction of sp³-hybridized carbons (Fsp3) is 0.286. The maximum atomic E-state index is 5.87. The molecule has 5 heteroatoms. The molecule has 0 aliphatic carbocycles. The van der Waals surface area contributed by atoms with E-state index in [9.17, 15) is 0 Å². The molecule has 1 saturated heterocycles. The molecule has 1 fully saturated rings. The van der Waals surface area contributed by atoms with Gasteiger partial charge in [-0.15, -0.1) is 0 Å². The zero-order valence-electron chi connectivity index (χ0n) is 10.5. The highest BCUT2D eigenvalue weighted by Crippen LogP contribution is 2.21. The molecule has 98 valence electrons. The minimum Gasteiger partial charge on any atom is -0.380 e. The van der Waals surface area contributed by atoms with Gasteiger partial charge in [0.05, 0.1) is 12.4 Å². The lowest BCUT2D eigenvalue weighted by molar-refractivity contribution is 0.806. The Bertz CT molecular complexity index is 546. The van der Waals surface area contributed by atoms with E-state index in [1.807, 2.05) is 18.2 Å². The molecule has 1 aromatic heterocycles. The number of aromatic nitrogens is 2. The van der Waals surface area contributed by atoms with Crippen LogP contribution in [0.15, 0.2) is 42.7 Å². The van der Waals surface area contributed by atoms with Gasteiger partial charge in [0.25, 0.3) is 0 Å². The van der Waals surface area contributed by atoms with Gasteiger partial charge >= 0.3 is 0 Å². The smallest absolute Gasteiger partial charge is 0.149 e. The Hall–Kier alpha value is -1.81. The Morgan fingerprint density at radius 1 is 1.21 bits per heavy atom. The minimum absolute atomic E-state index is 0.434. The summed E-state index contributed by atoms with van der Waals surface area (Å²) in [7, 11) is 0. The van der Waals surface area contributed by atoms with Crippen molar-refractivity contribution in [2.45, 2.75) is 12.5 Å². The number of nitrogens with zero attached hydrogens (tertiary/aromatic N) is 3. The number of anilines is 2. The summed E-state index contributed by atoms with van der Waals surface area (Å²) in [5.74, 6) is 0.852. The van der Waals surface area contributed by atoms with Crippen LogP contribution in [0.25, 0.3) is 0 Å². The SMILES string of the molecule is Clc1cncc(N2CC[C@@H](Nc3ccccc3)C2)n1. The van der Waals surface area contributed by atoms with E-state index in [4.69, 9.17) is 11.6 Å². The Balaban J connectivity index is 1.64. The Kier molecular flexibility index (Phi) is 3.51. The van der Waals surface area contributed by atoms with Gasteiger partial charge in [-0.3, -0.25) is 4.98 Å². The molecule has 4 nitrogen and oxygen atoms in total. The number of rotatable bonds is 3. The first kappa shape index (κ1) is 12.2. The van der Waals surface area contributed by atoms with Gasteiger partial charge in [0, 0.05) is 24.8 Å². The van der Waals surface area contributed by atoms with Gasteiger partial charge in [-0.1, -0.05) is 29.8 Å². The zero-order chi connectivity index (χ0) is 13.1. The normalized spacial score (nSPS) is 18.6. The molecule has 0 saturated carbocycles. The van der Waals surface area contributed by atoms with Gasteiger partial charge in [0.2, 0.25) is 0 Å². The van der Waals surface area contributed by atoms with Gasteiger partial charge < -0.3 is 10.2 Å². The summed E-state index contributed by atoms with van der Waals surface area (Å²) in [5, 5.41) is 3.97. The predicted octanol–water partition coefficient (Wildman–Crippen LogP) is 2.82. The second kappa shape index (κ2) is 5.45. The highest BCUT2D eigenvalue weighted by atomic mass is 35.5. The number of halogens is 1. The number of benzene rings is 1. The molecular formula is C14H15ClN4. The van der Waals surface area contributed by atoms with Crippen LogP contribution in [-0.2, 0) is 0 Å². The van der Waals surface area contributed by atoms with E-state index in [0.717, 1.165) is 31.0 Å². The third-order valence-electron chi connectivity index (χ3n) is 3.25. The monoisotopic (exact) mass is 274 g/mol. The second-order valence-electron chi connectivity index (χ2n) is 4.64. The van der Waals surface area contributed by atoms with E-state index >= 15 is 0 Å². The number of nitrogens with one attached hydrogen (secondary N) is 1. The summed E-state index contributed by atoms with van der Waals surface area (Å²) < 4.78 is 0. The Labute approximate surface area is 117 Å². The first-order valence-electron chi connectivity index (χ1n) is 6.35. The van der Waals surface area contributed by atoms with Crippen molar-refractivity contribution in [3.63, 3.8) is 0 Å². The summed E-state index contributed by atoms with van der Waals surface area (Å²) >= 11 is 5.87. The van der Waals surface area contributed by atoms with Crippen molar-refractivity contribution in [1.29, 1.82) is 0 Å². The topological polar surface area (TPSA) is 41.1 Å². The molecule has 0 unspecified atom stereocenters. The number of hydrogen-bond donors (Lipinski definition) is 1. The first-order valence-corrected chi connectivity index (χ1v) is 6.73. The fourth-order valence-corrected chi connectivity index (χ4v) is 2.48. The van der Waals surface area contributed by atoms with Gasteiger partial charge in [-0.25, -0.2) is 4.98 Å². The molecule has 19 heavy (non-hydrogen) atoms. The maximum Gasteiger partial charge on any atom is 0.149 e. The van der Waals surface area contributed by atoms with Crippen LogP contribution in [0, 0.1) is 0 Å². The first-order chi connectivity index (χ1) is 9.31. The molecule has 1 aliphatic rings. The molecule has 0 bridgehead atoms. The number of hydrogen-bond acceptors (Lipinski definition) is 4. The molecule has 1 N–H and O–H groups in total. The van der Waals surface area contributed by atoms with Crippen LogP contribution < -0.4 is 10.2 Å². The van der Waals surface area contributed by atoms with E-state index in [0.29, 0.717) is 11.2 Å². The van der Waals surface area contributed by atoms with Crippen molar-refractivity contribution < 1.29 is 0 Å². The van der Waals surface area contributed by atoms with Crippen molar-refractivity contribution in [3.05, 3.63) is 47.9 Å². The summed E-state index contributed by atoms with van der Waals surface area (Å²) in [6.45, 7) is 1.89. The third-order valence-corrected chi connectivity index (χ3v) is 3.43. The second-order valence-corrected chi connectivity index (χ2v) is 5.03. The van der Waals surface area contributed by atoms with Gasteiger partial charge in [-0.05, 0) is 18.6 Å². The highest BCUT2D eigenvalue weighted by Gasteiger charge is 2.23. The van der Waals surface area contributed by atoms with Gasteiger partial charge in [-0.2, -0.15) is 0 Å². The van der Waals surface area contributed by atoms with Crippen LogP contribution in [0.2, 0.25) is 5.15 Å². The van der Waals surface area contributed by atoms with E-state index in [1.54, 1.807) is 12.4 Å². The molecule has 3 rings (SSSR count). The molecule has 0 amide bonds. The molecule has 2 aromatic rings. The van der Waals surface area contributed by atoms with E-state index in [1.165, 1.54) is 0 Å². The fourth-order valence-electron chi connectivity index (χ4n) is 2.34. The minimum atomic E-state index is 0.434. The van der Waals surface area contributed by atoms with Crippen molar-refractivity contribution >= 4 is 23.1 Å². The van der Waals surface area contributed by atoms with E-state index < -0.39 is 0 Å². The molecule has 1 aliphatic heterocycles. The average molecular weight is 275 g/mol.